The fourth-order valence-electron chi connectivity index (χ4n) is 2.85. The van der Waals surface area contributed by atoms with Crippen molar-refractivity contribution in [2.45, 2.75) is 38.8 Å². The molecule has 0 radical (unpaired) electrons. The molecule has 4 nitrogen and oxygen atoms in total. The maximum Gasteiger partial charge on any atom is 0.416 e. The lowest BCUT2D eigenvalue weighted by molar-refractivity contribution is -0.137. The van der Waals surface area contributed by atoms with Crippen molar-refractivity contribution in [3.8, 4) is 0 Å². The zero-order valence-electron chi connectivity index (χ0n) is 12.0. The van der Waals surface area contributed by atoms with E-state index in [-0.39, 0.29) is 11.6 Å². The molecule has 1 aromatic heterocycles. The summed E-state index contributed by atoms with van der Waals surface area (Å²) in [7, 11) is 0. The summed E-state index contributed by atoms with van der Waals surface area (Å²) in [5, 5.41) is 3.02. The lowest BCUT2D eigenvalue weighted by Crippen LogP contribution is -2.22. The first-order chi connectivity index (χ1) is 9.88. The number of hydrogen-bond donors (Lipinski definition) is 3. The number of hydrogen-bond acceptors (Lipinski definition) is 4. The van der Waals surface area contributed by atoms with Gasteiger partial charge in [-0.1, -0.05) is 19.8 Å². The molecular formula is C14H21F3N4. The van der Waals surface area contributed by atoms with Gasteiger partial charge in [-0.05, 0) is 36.8 Å². The predicted molar refractivity (Wildman–Crippen MR) is 76.7 cm³/mol. The number of alkyl halides is 3. The van der Waals surface area contributed by atoms with Crippen molar-refractivity contribution in [2.24, 2.45) is 17.7 Å². The van der Waals surface area contributed by atoms with E-state index in [0.29, 0.717) is 18.4 Å². The van der Waals surface area contributed by atoms with Gasteiger partial charge in [0.05, 0.1) is 5.56 Å². The quantitative estimate of drug-likeness (QED) is 0.587. The fraction of sp³-hybridized carbons (Fsp3) is 0.643. The van der Waals surface area contributed by atoms with Gasteiger partial charge in [-0.25, -0.2) is 10.8 Å². The van der Waals surface area contributed by atoms with Crippen LogP contribution < -0.4 is 16.6 Å². The Kier molecular flexibility index (Phi) is 4.92. The molecule has 2 unspecified atom stereocenters. The van der Waals surface area contributed by atoms with Crippen LogP contribution in [0.25, 0.3) is 0 Å². The Morgan fingerprint density at radius 2 is 2.00 bits per heavy atom. The topological polar surface area (TPSA) is 63.0 Å². The van der Waals surface area contributed by atoms with Crippen LogP contribution in [-0.4, -0.2) is 11.5 Å². The summed E-state index contributed by atoms with van der Waals surface area (Å²) in [5.74, 6) is 6.56. The molecule has 0 bridgehead atoms. The predicted octanol–water partition coefficient (Wildman–Crippen LogP) is 3.62. The molecule has 0 spiro atoms. The molecule has 1 aliphatic carbocycles. The Morgan fingerprint density at radius 3 is 2.62 bits per heavy atom. The molecule has 1 fully saturated rings. The second-order valence-electron chi connectivity index (χ2n) is 5.79. The summed E-state index contributed by atoms with van der Waals surface area (Å²) in [6.07, 6.45) is 0.218. The number of nitrogen functional groups attached to an aromatic ring is 1. The van der Waals surface area contributed by atoms with Crippen molar-refractivity contribution in [2.75, 3.05) is 17.3 Å². The van der Waals surface area contributed by atoms with Crippen LogP contribution in [0.15, 0.2) is 12.1 Å². The van der Waals surface area contributed by atoms with Gasteiger partial charge in [-0.15, -0.1) is 0 Å². The van der Waals surface area contributed by atoms with E-state index in [1.54, 1.807) is 0 Å². The number of hydrazine groups is 1. The second-order valence-corrected chi connectivity index (χ2v) is 5.79. The first-order valence-electron chi connectivity index (χ1n) is 7.18. The van der Waals surface area contributed by atoms with Gasteiger partial charge in [0, 0.05) is 6.54 Å². The van der Waals surface area contributed by atoms with Gasteiger partial charge in [-0.2, -0.15) is 13.2 Å². The largest absolute Gasteiger partial charge is 0.416 e. The van der Waals surface area contributed by atoms with Gasteiger partial charge in [0.1, 0.15) is 11.6 Å². The Morgan fingerprint density at radius 1 is 1.29 bits per heavy atom. The normalized spacial score (nSPS) is 22.9. The summed E-state index contributed by atoms with van der Waals surface area (Å²) >= 11 is 0. The number of halogens is 3. The van der Waals surface area contributed by atoms with Crippen LogP contribution in [0.2, 0.25) is 0 Å². The maximum atomic E-state index is 12.8. The highest BCUT2D eigenvalue weighted by Gasteiger charge is 2.31. The average molecular weight is 302 g/mol. The van der Waals surface area contributed by atoms with E-state index < -0.39 is 11.7 Å². The molecule has 1 aliphatic rings. The van der Waals surface area contributed by atoms with Crippen molar-refractivity contribution < 1.29 is 13.2 Å². The van der Waals surface area contributed by atoms with Crippen LogP contribution in [0.4, 0.5) is 24.8 Å². The summed E-state index contributed by atoms with van der Waals surface area (Å²) in [5.41, 5.74) is 1.41. The number of pyridine rings is 1. The number of rotatable bonds is 4. The Labute approximate surface area is 122 Å². The standard InChI is InChI=1S/C14H21F3N4/c1-9-3-2-4-10(5-9)8-19-12-6-11(14(15,16)17)7-13(20-12)21-18/h6-7,9-10H,2-5,8,18H2,1H3,(H2,19,20,21). The third-order valence-corrected chi connectivity index (χ3v) is 3.92. The van der Waals surface area contributed by atoms with Gasteiger partial charge in [0.25, 0.3) is 0 Å². The van der Waals surface area contributed by atoms with Crippen LogP contribution in [0.1, 0.15) is 38.2 Å². The summed E-state index contributed by atoms with van der Waals surface area (Å²) in [4.78, 5) is 4.02. The van der Waals surface area contributed by atoms with Gasteiger partial charge in [-0.3, -0.25) is 0 Å². The number of nitrogens with zero attached hydrogens (tertiary/aromatic N) is 1. The summed E-state index contributed by atoms with van der Waals surface area (Å²) in [6, 6.07) is 1.92. The van der Waals surface area contributed by atoms with Crippen molar-refractivity contribution in [3.63, 3.8) is 0 Å². The van der Waals surface area contributed by atoms with Gasteiger partial charge in [0.15, 0.2) is 0 Å². The first kappa shape index (κ1) is 15.9. The lowest BCUT2D eigenvalue weighted by atomic mass is 9.82. The Balaban J connectivity index is 2.05. The van der Waals surface area contributed by atoms with Crippen LogP contribution in [0, 0.1) is 11.8 Å². The average Bonchev–Trinajstić information content (AvgIpc) is 2.44. The van der Waals surface area contributed by atoms with Crippen molar-refractivity contribution >= 4 is 11.6 Å². The zero-order valence-corrected chi connectivity index (χ0v) is 12.0. The third-order valence-electron chi connectivity index (χ3n) is 3.92. The van der Waals surface area contributed by atoms with Crippen LogP contribution in [0.5, 0.6) is 0 Å². The molecule has 1 aromatic rings. The van der Waals surface area contributed by atoms with E-state index in [4.69, 9.17) is 5.84 Å². The van der Waals surface area contributed by atoms with Gasteiger partial charge < -0.3 is 10.7 Å². The molecular weight excluding hydrogens is 281 g/mol. The summed E-state index contributed by atoms with van der Waals surface area (Å²) < 4.78 is 38.4. The minimum Gasteiger partial charge on any atom is -0.370 e. The molecule has 2 rings (SSSR count). The molecule has 4 N–H and O–H groups in total. The van der Waals surface area contributed by atoms with Crippen LogP contribution in [0.3, 0.4) is 0 Å². The number of aromatic nitrogens is 1. The van der Waals surface area contributed by atoms with Crippen LogP contribution >= 0.6 is 0 Å². The van der Waals surface area contributed by atoms with Crippen LogP contribution in [-0.2, 0) is 6.18 Å². The monoisotopic (exact) mass is 302 g/mol. The maximum absolute atomic E-state index is 12.8. The SMILES string of the molecule is CC1CCCC(CNc2cc(C(F)(F)F)cc(NN)n2)C1. The fourth-order valence-corrected chi connectivity index (χ4v) is 2.85. The zero-order chi connectivity index (χ0) is 15.5. The molecule has 0 amide bonds. The molecule has 0 aromatic carbocycles. The summed E-state index contributed by atoms with van der Waals surface area (Å²) in [6.45, 7) is 2.85. The number of nitrogens with one attached hydrogen (secondary N) is 2. The highest BCUT2D eigenvalue weighted by Crippen LogP contribution is 2.32. The van der Waals surface area contributed by atoms with E-state index in [2.05, 4.69) is 22.7 Å². The van der Waals surface area contributed by atoms with E-state index in [9.17, 15) is 13.2 Å². The molecule has 21 heavy (non-hydrogen) atoms. The van der Waals surface area contributed by atoms with E-state index in [1.165, 1.54) is 12.8 Å². The van der Waals surface area contributed by atoms with E-state index in [0.717, 1.165) is 25.0 Å². The highest BCUT2D eigenvalue weighted by molar-refractivity contribution is 5.49. The van der Waals surface area contributed by atoms with Gasteiger partial charge in [0.2, 0.25) is 0 Å². The molecule has 118 valence electrons. The Hall–Kier alpha value is -1.50. The minimum atomic E-state index is -4.41. The van der Waals surface area contributed by atoms with Gasteiger partial charge >= 0.3 is 6.18 Å². The molecule has 1 saturated carbocycles. The number of anilines is 2. The highest BCUT2D eigenvalue weighted by atomic mass is 19.4. The van der Waals surface area contributed by atoms with Crippen molar-refractivity contribution in [1.29, 1.82) is 0 Å². The van der Waals surface area contributed by atoms with E-state index >= 15 is 0 Å². The second kappa shape index (κ2) is 6.51. The van der Waals surface area contributed by atoms with Crippen molar-refractivity contribution in [3.05, 3.63) is 17.7 Å². The molecule has 1 heterocycles. The smallest absolute Gasteiger partial charge is 0.370 e. The Bertz CT molecular complexity index is 476. The first-order valence-corrected chi connectivity index (χ1v) is 7.18. The van der Waals surface area contributed by atoms with Crippen molar-refractivity contribution in [1.82, 2.24) is 4.98 Å². The van der Waals surface area contributed by atoms with E-state index in [1.807, 2.05) is 0 Å². The number of nitrogens with two attached hydrogens (primary N) is 1. The molecule has 0 saturated heterocycles. The molecule has 0 aliphatic heterocycles. The third kappa shape index (κ3) is 4.49. The lowest BCUT2D eigenvalue weighted by Gasteiger charge is -2.27. The molecule has 2 atom stereocenters. The minimum absolute atomic E-state index is 0.00402. The molecule has 7 heteroatoms.